The maximum Gasteiger partial charge on any atom is 0.209 e. The minimum atomic E-state index is -3.24. The van der Waals surface area contributed by atoms with Crippen LogP contribution in [-0.2, 0) is 10.0 Å². The summed E-state index contributed by atoms with van der Waals surface area (Å²) < 4.78 is 25.5. The number of thiophene rings is 1. The number of sulfonamides is 1. The number of hydrogen-bond acceptors (Lipinski definition) is 5. The van der Waals surface area contributed by atoms with Gasteiger partial charge in [-0.2, -0.15) is 0 Å². The van der Waals surface area contributed by atoms with Gasteiger partial charge in [-0.15, -0.1) is 35.3 Å². The molecule has 1 aromatic rings. The first-order valence-corrected chi connectivity index (χ1v) is 10.7. The molecule has 0 unspecified atom stereocenters. The van der Waals surface area contributed by atoms with E-state index in [2.05, 4.69) is 42.3 Å². The Bertz CT molecular complexity index is 653. The number of halogens is 1. The lowest BCUT2D eigenvalue weighted by Gasteiger charge is -2.37. The third-order valence-corrected chi connectivity index (χ3v) is 5.61. The molecular formula is C15H28IN5O2S2. The van der Waals surface area contributed by atoms with Gasteiger partial charge in [0.1, 0.15) is 0 Å². The third-order valence-electron chi connectivity index (χ3n) is 3.76. The Kier molecular flexibility index (Phi) is 8.42. The summed E-state index contributed by atoms with van der Waals surface area (Å²) in [6.45, 7) is 7.84. The van der Waals surface area contributed by atoms with Gasteiger partial charge in [-0.05, 0) is 31.4 Å². The second-order valence-electron chi connectivity index (χ2n) is 6.58. The van der Waals surface area contributed by atoms with E-state index in [-0.39, 0.29) is 24.0 Å². The number of nitrogens with one attached hydrogen (secondary N) is 2. The molecule has 0 saturated carbocycles. The summed E-state index contributed by atoms with van der Waals surface area (Å²) in [4.78, 5) is 8.92. The van der Waals surface area contributed by atoms with Crippen molar-refractivity contribution in [1.82, 2.24) is 14.9 Å². The Balaban J connectivity index is 0.00000312. The molecule has 0 bridgehead atoms. The molecular weight excluding hydrogens is 473 g/mol. The quantitative estimate of drug-likeness (QED) is 0.363. The van der Waals surface area contributed by atoms with Crippen molar-refractivity contribution in [3.63, 3.8) is 0 Å². The zero-order valence-corrected chi connectivity index (χ0v) is 19.1. The Morgan fingerprint density at radius 2 is 1.96 bits per heavy atom. The molecule has 1 saturated heterocycles. The molecule has 0 amide bonds. The van der Waals surface area contributed by atoms with Crippen LogP contribution in [0.3, 0.4) is 0 Å². The normalized spacial score (nSPS) is 16.6. The van der Waals surface area contributed by atoms with Crippen molar-refractivity contribution >= 4 is 56.3 Å². The molecule has 1 fully saturated rings. The highest BCUT2D eigenvalue weighted by Gasteiger charge is 2.25. The highest BCUT2D eigenvalue weighted by Crippen LogP contribution is 2.22. The fourth-order valence-electron chi connectivity index (χ4n) is 2.76. The van der Waals surface area contributed by atoms with Gasteiger partial charge in [-0.3, -0.25) is 4.99 Å². The topological polar surface area (TPSA) is 77.0 Å². The molecule has 1 aliphatic heterocycles. The number of piperazine rings is 1. The number of hydrogen-bond donors (Lipinski definition) is 2. The van der Waals surface area contributed by atoms with Gasteiger partial charge in [0.05, 0.1) is 11.3 Å². The van der Waals surface area contributed by atoms with E-state index in [9.17, 15) is 8.42 Å². The smallest absolute Gasteiger partial charge is 0.209 e. The minimum absolute atomic E-state index is 0. The summed E-state index contributed by atoms with van der Waals surface area (Å²) in [6, 6.07) is 4.22. The van der Waals surface area contributed by atoms with E-state index in [4.69, 9.17) is 0 Å². The molecule has 144 valence electrons. The number of nitrogens with zero attached hydrogens (tertiary/aromatic N) is 3. The van der Waals surface area contributed by atoms with E-state index in [1.54, 1.807) is 18.4 Å². The first kappa shape index (κ1) is 22.5. The second-order valence-corrected chi connectivity index (χ2v) is 9.26. The van der Waals surface area contributed by atoms with Crippen molar-refractivity contribution < 1.29 is 8.42 Å². The van der Waals surface area contributed by atoms with Crippen LogP contribution in [0.4, 0.5) is 5.00 Å². The molecule has 1 aliphatic rings. The molecule has 2 heterocycles. The SMILES string of the molecule is CN=C(NCC(C)(C)NS(C)(=O)=O)N1CCN(c2cccs2)CC1.I. The Labute approximate surface area is 171 Å². The third kappa shape index (κ3) is 7.27. The summed E-state index contributed by atoms with van der Waals surface area (Å²) >= 11 is 1.76. The van der Waals surface area contributed by atoms with Gasteiger partial charge in [-0.1, -0.05) is 0 Å². The van der Waals surface area contributed by atoms with E-state index in [1.165, 1.54) is 11.3 Å². The molecule has 1 aromatic heterocycles. The van der Waals surface area contributed by atoms with Crippen molar-refractivity contribution in [3.8, 4) is 0 Å². The molecule has 0 atom stereocenters. The average Bonchev–Trinajstić information content (AvgIpc) is 3.00. The van der Waals surface area contributed by atoms with E-state index in [0.29, 0.717) is 6.54 Å². The van der Waals surface area contributed by atoms with Crippen molar-refractivity contribution in [2.45, 2.75) is 19.4 Å². The Hall–Kier alpha value is -0.590. The van der Waals surface area contributed by atoms with Crippen LogP contribution >= 0.6 is 35.3 Å². The van der Waals surface area contributed by atoms with E-state index in [0.717, 1.165) is 32.1 Å². The van der Waals surface area contributed by atoms with Crippen LogP contribution in [0.2, 0.25) is 0 Å². The first-order valence-electron chi connectivity index (χ1n) is 7.93. The van der Waals surface area contributed by atoms with Crippen molar-refractivity contribution in [2.75, 3.05) is 50.9 Å². The summed E-state index contributed by atoms with van der Waals surface area (Å²) in [7, 11) is -1.49. The van der Waals surface area contributed by atoms with Crippen LogP contribution < -0.4 is 14.9 Å². The molecule has 10 heteroatoms. The lowest BCUT2D eigenvalue weighted by Crippen LogP contribution is -2.56. The van der Waals surface area contributed by atoms with Gasteiger partial charge < -0.3 is 15.1 Å². The summed E-state index contributed by atoms with van der Waals surface area (Å²) in [5.74, 6) is 0.809. The zero-order valence-electron chi connectivity index (χ0n) is 15.2. The Morgan fingerprint density at radius 1 is 1.32 bits per heavy atom. The number of aliphatic imine (C=N–C) groups is 1. The van der Waals surface area contributed by atoms with Gasteiger partial charge in [0.15, 0.2) is 5.96 Å². The van der Waals surface area contributed by atoms with Crippen molar-refractivity contribution in [3.05, 3.63) is 17.5 Å². The molecule has 25 heavy (non-hydrogen) atoms. The molecule has 0 spiro atoms. The van der Waals surface area contributed by atoms with Gasteiger partial charge in [0, 0.05) is 45.3 Å². The summed E-state index contributed by atoms with van der Waals surface area (Å²) in [6.07, 6.45) is 1.17. The summed E-state index contributed by atoms with van der Waals surface area (Å²) in [5, 5.41) is 6.68. The maximum atomic E-state index is 11.4. The maximum absolute atomic E-state index is 11.4. The fourth-order valence-corrected chi connectivity index (χ4v) is 4.62. The van der Waals surface area contributed by atoms with Crippen LogP contribution in [0, 0.1) is 0 Å². The van der Waals surface area contributed by atoms with Crippen LogP contribution in [0.5, 0.6) is 0 Å². The first-order chi connectivity index (χ1) is 11.2. The number of rotatable bonds is 5. The lowest BCUT2D eigenvalue weighted by molar-refractivity contribution is 0.363. The highest BCUT2D eigenvalue weighted by molar-refractivity contribution is 14.0. The predicted octanol–water partition coefficient (Wildman–Crippen LogP) is 1.39. The van der Waals surface area contributed by atoms with Crippen LogP contribution in [0.25, 0.3) is 0 Å². The molecule has 0 aromatic carbocycles. The van der Waals surface area contributed by atoms with E-state index < -0.39 is 15.6 Å². The van der Waals surface area contributed by atoms with Gasteiger partial charge >= 0.3 is 0 Å². The molecule has 0 aliphatic carbocycles. The fraction of sp³-hybridized carbons (Fsp3) is 0.667. The van der Waals surface area contributed by atoms with E-state index >= 15 is 0 Å². The molecule has 7 nitrogen and oxygen atoms in total. The largest absolute Gasteiger partial charge is 0.360 e. The number of anilines is 1. The monoisotopic (exact) mass is 501 g/mol. The van der Waals surface area contributed by atoms with Crippen molar-refractivity contribution in [1.29, 1.82) is 0 Å². The number of guanidine groups is 1. The molecule has 2 rings (SSSR count). The van der Waals surface area contributed by atoms with Crippen LogP contribution in [0.1, 0.15) is 13.8 Å². The van der Waals surface area contributed by atoms with Crippen LogP contribution in [0.15, 0.2) is 22.5 Å². The lowest BCUT2D eigenvalue weighted by atomic mass is 10.1. The van der Waals surface area contributed by atoms with E-state index in [1.807, 2.05) is 13.8 Å². The molecule has 2 N–H and O–H groups in total. The predicted molar refractivity (Wildman–Crippen MR) is 117 cm³/mol. The Morgan fingerprint density at radius 3 is 2.44 bits per heavy atom. The minimum Gasteiger partial charge on any atom is -0.360 e. The second kappa shape index (κ2) is 9.38. The van der Waals surface area contributed by atoms with Gasteiger partial charge in [-0.25, -0.2) is 13.1 Å². The van der Waals surface area contributed by atoms with Gasteiger partial charge in [0.25, 0.3) is 0 Å². The highest BCUT2D eigenvalue weighted by atomic mass is 127. The van der Waals surface area contributed by atoms with Gasteiger partial charge in [0.2, 0.25) is 10.0 Å². The van der Waals surface area contributed by atoms with Crippen molar-refractivity contribution in [2.24, 2.45) is 4.99 Å². The zero-order chi connectivity index (χ0) is 17.8. The summed E-state index contributed by atoms with van der Waals surface area (Å²) in [5.41, 5.74) is -0.581. The van der Waals surface area contributed by atoms with Crippen LogP contribution in [-0.4, -0.2) is 70.8 Å². The standard InChI is InChI=1S/C15H27N5O2S2.HI/c1-15(2,18-24(4,21)22)12-17-14(16-3)20-9-7-19(8-10-20)13-6-5-11-23-13;/h5-6,11,18H,7-10,12H2,1-4H3,(H,16,17);1H. The molecule has 0 radical (unpaired) electrons. The average molecular weight is 501 g/mol.